The lowest BCUT2D eigenvalue weighted by atomic mass is 10.0. The normalized spacial score (nSPS) is 14.5. The Balaban J connectivity index is 3.70. The van der Waals surface area contributed by atoms with E-state index in [0.29, 0.717) is 24.3 Å². The predicted octanol–water partition coefficient (Wildman–Crippen LogP) is 4.37. The summed E-state index contributed by atoms with van der Waals surface area (Å²) < 4.78 is 46.7. The van der Waals surface area contributed by atoms with E-state index >= 15 is 0 Å². The van der Waals surface area contributed by atoms with Gasteiger partial charge in [-0.3, -0.25) is 8.76 Å². The number of unbranched alkanes of at least 4 members (excludes halogenated alkanes) is 4. The summed E-state index contributed by atoms with van der Waals surface area (Å²) in [7, 11) is -4.87. The molecule has 0 rings (SSSR count). The smallest absolute Gasteiger partial charge is 0.270 e. The van der Waals surface area contributed by atoms with E-state index in [0.717, 1.165) is 50.6 Å². The van der Waals surface area contributed by atoms with Gasteiger partial charge in [-0.25, -0.2) is 5.26 Å². The van der Waals surface area contributed by atoms with E-state index in [9.17, 15) is 12.6 Å². The molecule has 0 heterocycles. The van der Waals surface area contributed by atoms with Crippen molar-refractivity contribution in [2.24, 2.45) is 0 Å². The van der Waals surface area contributed by atoms with Crippen LogP contribution in [0.1, 0.15) is 79.1 Å². The summed E-state index contributed by atoms with van der Waals surface area (Å²) in [5.74, 6) is 1.32. The molecule has 158 valence electrons. The molecule has 26 heavy (non-hydrogen) atoms. The highest BCUT2D eigenvalue weighted by Crippen LogP contribution is 2.30. The molecule has 0 aliphatic heterocycles. The van der Waals surface area contributed by atoms with Crippen molar-refractivity contribution in [1.82, 2.24) is 0 Å². The predicted molar refractivity (Wildman–Crippen MR) is 107 cm³/mol. The quantitative estimate of drug-likeness (QED) is 0.121. The molecule has 0 amide bonds. The standard InChI is InChI=1S/C16H34O7S3/c1-15(2,24-23-22-17)11-7-5-9-13-25(18)14-10-6-8-12-16(3,4)26(19,20)21/h17H,5-14H2,1-4H3,(H,19,20,21). The monoisotopic (exact) mass is 434 g/mol. The maximum atomic E-state index is 12.0. The van der Waals surface area contributed by atoms with Crippen molar-refractivity contribution in [3.8, 4) is 0 Å². The van der Waals surface area contributed by atoms with Crippen LogP contribution in [-0.2, 0) is 30.3 Å². The van der Waals surface area contributed by atoms with Crippen LogP contribution >= 0.6 is 12.0 Å². The average Bonchev–Trinajstić information content (AvgIpc) is 2.51. The molecule has 10 heteroatoms. The van der Waals surface area contributed by atoms with E-state index in [1.165, 1.54) is 13.8 Å². The molecule has 0 fully saturated rings. The summed E-state index contributed by atoms with van der Waals surface area (Å²) in [6, 6.07) is 0. The number of rotatable bonds is 16. The van der Waals surface area contributed by atoms with Crippen molar-refractivity contribution in [3.05, 3.63) is 0 Å². The van der Waals surface area contributed by atoms with Crippen molar-refractivity contribution in [2.75, 3.05) is 11.5 Å². The maximum absolute atomic E-state index is 12.0. The minimum Gasteiger partial charge on any atom is -0.285 e. The molecule has 0 aromatic carbocycles. The van der Waals surface area contributed by atoms with Crippen LogP contribution in [0.15, 0.2) is 0 Å². The highest BCUT2D eigenvalue weighted by molar-refractivity contribution is 7.95. The SMILES string of the molecule is CC(C)(CCCCCS(=O)CCCCCC(C)(C)S(=O)(=O)O)SOOO. The minimum atomic E-state index is -4.03. The van der Waals surface area contributed by atoms with Crippen molar-refractivity contribution in [3.63, 3.8) is 0 Å². The molecule has 0 aromatic rings. The van der Waals surface area contributed by atoms with E-state index in [1.54, 1.807) is 0 Å². The number of hydrogen-bond donors (Lipinski definition) is 2. The molecule has 0 radical (unpaired) electrons. The summed E-state index contributed by atoms with van der Waals surface area (Å²) in [5, 5.41) is 11.8. The van der Waals surface area contributed by atoms with Gasteiger partial charge in [0.25, 0.3) is 10.1 Å². The molecule has 7 nitrogen and oxygen atoms in total. The fraction of sp³-hybridized carbons (Fsp3) is 1.00. The average molecular weight is 435 g/mol. The second kappa shape index (κ2) is 12.7. The third kappa shape index (κ3) is 12.6. The Bertz CT molecular complexity index is 504. The van der Waals surface area contributed by atoms with Crippen LogP contribution in [0.4, 0.5) is 0 Å². The highest BCUT2D eigenvalue weighted by Gasteiger charge is 2.31. The maximum Gasteiger partial charge on any atom is 0.270 e. The van der Waals surface area contributed by atoms with Crippen LogP contribution < -0.4 is 0 Å². The largest absolute Gasteiger partial charge is 0.285 e. The van der Waals surface area contributed by atoms with Crippen molar-refractivity contribution in [2.45, 2.75) is 88.6 Å². The van der Waals surface area contributed by atoms with Crippen LogP contribution in [0.3, 0.4) is 0 Å². The van der Waals surface area contributed by atoms with Crippen LogP contribution in [0, 0.1) is 0 Å². The second-order valence-corrected chi connectivity index (χ2v) is 12.8. The third-order valence-electron chi connectivity index (χ3n) is 4.29. The summed E-state index contributed by atoms with van der Waals surface area (Å²) in [6.45, 7) is 7.03. The Morgan fingerprint density at radius 3 is 1.88 bits per heavy atom. The molecule has 0 spiro atoms. The third-order valence-corrected chi connectivity index (χ3v) is 8.16. The van der Waals surface area contributed by atoms with Gasteiger partial charge in [-0.05, 0) is 53.4 Å². The van der Waals surface area contributed by atoms with E-state index in [4.69, 9.17) is 9.81 Å². The van der Waals surface area contributed by atoms with Crippen LogP contribution in [0.25, 0.3) is 0 Å². The van der Waals surface area contributed by atoms with Gasteiger partial charge in [0.1, 0.15) is 0 Å². The van der Waals surface area contributed by atoms with Gasteiger partial charge in [0.15, 0.2) is 0 Å². The van der Waals surface area contributed by atoms with Crippen LogP contribution in [0.5, 0.6) is 0 Å². The van der Waals surface area contributed by atoms with Gasteiger partial charge in [0.2, 0.25) is 0 Å². The molecule has 0 saturated heterocycles. The van der Waals surface area contributed by atoms with Gasteiger partial charge in [-0.1, -0.05) is 30.7 Å². The first kappa shape index (κ1) is 26.3. The summed E-state index contributed by atoms with van der Waals surface area (Å²) in [4.78, 5) is 0. The zero-order valence-electron chi connectivity index (χ0n) is 16.2. The Hall–Kier alpha value is 0.290. The van der Waals surface area contributed by atoms with E-state index < -0.39 is 25.7 Å². The molecule has 0 bridgehead atoms. The Morgan fingerprint density at radius 1 is 0.923 bits per heavy atom. The fourth-order valence-electron chi connectivity index (χ4n) is 2.36. The lowest BCUT2D eigenvalue weighted by Crippen LogP contribution is -2.31. The zero-order chi connectivity index (χ0) is 20.3. The van der Waals surface area contributed by atoms with Gasteiger partial charge < -0.3 is 0 Å². The molecule has 1 atom stereocenters. The molecule has 2 N–H and O–H groups in total. The summed E-state index contributed by atoms with van der Waals surface area (Å²) in [5.41, 5.74) is 0. The lowest BCUT2D eigenvalue weighted by molar-refractivity contribution is -0.432. The molecule has 0 saturated carbocycles. The first-order valence-corrected chi connectivity index (χ1v) is 12.6. The highest BCUT2D eigenvalue weighted by atomic mass is 32.2. The lowest BCUT2D eigenvalue weighted by Gasteiger charge is -2.20. The van der Waals surface area contributed by atoms with E-state index in [2.05, 4.69) is 9.37 Å². The first-order chi connectivity index (χ1) is 11.9. The van der Waals surface area contributed by atoms with Crippen LogP contribution in [-0.4, -0.2) is 43.4 Å². The van der Waals surface area contributed by atoms with Gasteiger partial charge in [-0.2, -0.15) is 8.42 Å². The molecular weight excluding hydrogens is 400 g/mol. The number of hydrogen-bond acceptors (Lipinski definition) is 7. The Labute approximate surface area is 164 Å². The van der Waals surface area contributed by atoms with Crippen molar-refractivity contribution < 1.29 is 31.8 Å². The van der Waals surface area contributed by atoms with Gasteiger partial charge >= 0.3 is 0 Å². The second-order valence-electron chi connectivity index (χ2n) is 7.69. The fourth-order valence-corrected chi connectivity index (χ4v) is 4.46. The van der Waals surface area contributed by atoms with Gasteiger partial charge in [0, 0.05) is 39.1 Å². The molecule has 0 aromatic heterocycles. The Kier molecular flexibility index (Phi) is 12.8. The van der Waals surface area contributed by atoms with Crippen molar-refractivity contribution >= 4 is 33.0 Å². The molecule has 0 aliphatic rings. The first-order valence-electron chi connectivity index (χ1n) is 8.89. The Morgan fingerprint density at radius 2 is 1.42 bits per heavy atom. The van der Waals surface area contributed by atoms with Gasteiger partial charge in [0.05, 0.1) is 4.75 Å². The molecular formula is C16H34O7S3. The zero-order valence-corrected chi connectivity index (χ0v) is 18.7. The topological polar surface area (TPSA) is 110 Å². The summed E-state index contributed by atoms with van der Waals surface area (Å²) >= 11 is 1.08. The van der Waals surface area contributed by atoms with E-state index in [1.807, 2.05) is 13.8 Å². The van der Waals surface area contributed by atoms with Crippen LogP contribution in [0.2, 0.25) is 0 Å². The van der Waals surface area contributed by atoms with Crippen molar-refractivity contribution in [1.29, 1.82) is 0 Å². The minimum absolute atomic E-state index is 0.155. The van der Waals surface area contributed by atoms with E-state index in [-0.39, 0.29) is 4.75 Å². The summed E-state index contributed by atoms with van der Waals surface area (Å²) in [6.07, 6.45) is 6.47. The molecule has 1 unspecified atom stereocenters. The van der Waals surface area contributed by atoms with Gasteiger partial charge in [-0.15, -0.1) is 4.33 Å². The molecule has 0 aliphatic carbocycles.